The Morgan fingerprint density at radius 2 is 1.70 bits per heavy atom. The van der Waals surface area contributed by atoms with Gasteiger partial charge in [-0.25, -0.2) is 18.2 Å². The number of fused-ring (bicyclic) bond motifs is 1. The van der Waals surface area contributed by atoms with Gasteiger partial charge in [0.2, 0.25) is 5.91 Å². The zero-order valence-electron chi connectivity index (χ0n) is 21.6. The van der Waals surface area contributed by atoms with Gasteiger partial charge in [-0.1, -0.05) is 30.3 Å². The van der Waals surface area contributed by atoms with Crippen LogP contribution >= 0.6 is 0 Å². The molecule has 2 aromatic carbocycles. The first-order chi connectivity index (χ1) is 19.1. The van der Waals surface area contributed by atoms with Crippen molar-refractivity contribution in [2.45, 2.75) is 0 Å². The summed E-state index contributed by atoms with van der Waals surface area (Å²) in [5.41, 5.74) is 3.20. The molecular formula is C28H27N5O6S. The van der Waals surface area contributed by atoms with Crippen LogP contribution in [-0.2, 0) is 19.4 Å². The fraction of sp³-hybridized carbons (Fsp3) is 0.214. The molecule has 12 heteroatoms. The van der Waals surface area contributed by atoms with Crippen LogP contribution in [0.2, 0.25) is 0 Å². The smallest absolute Gasteiger partial charge is 0.354 e. The first kappa shape index (κ1) is 27.0. The number of carboxylic acid groups (broad SMARTS) is 1. The van der Waals surface area contributed by atoms with Gasteiger partial charge in [0.05, 0.1) is 29.3 Å². The molecule has 0 spiro atoms. The number of hydrogen-bond donors (Lipinski definition) is 3. The van der Waals surface area contributed by atoms with E-state index in [2.05, 4.69) is 15.6 Å². The highest BCUT2D eigenvalue weighted by atomic mass is 32.2. The highest BCUT2D eigenvalue weighted by Gasteiger charge is 2.30. The van der Waals surface area contributed by atoms with Crippen molar-refractivity contribution in [3.8, 4) is 0 Å². The Morgan fingerprint density at radius 1 is 1.02 bits per heavy atom. The number of nitrogens with zero attached hydrogens (tertiary/aromatic N) is 3. The average molecular weight is 562 g/mol. The summed E-state index contributed by atoms with van der Waals surface area (Å²) in [5, 5.41) is 15.3. The van der Waals surface area contributed by atoms with E-state index < -0.39 is 21.7 Å². The molecule has 0 saturated carbocycles. The SMILES string of the molecule is CN(C(=O)CN1CCS(=O)(=O)CC1)c1ccc(NC(=C2C(=O)Nc3nc(C(=O)O)ccc32)c2ccccc2)cc1. The fourth-order valence-electron chi connectivity index (χ4n) is 4.56. The van der Waals surface area contributed by atoms with E-state index in [9.17, 15) is 27.9 Å². The maximum absolute atomic E-state index is 13.1. The van der Waals surface area contributed by atoms with Gasteiger partial charge in [-0.15, -0.1) is 0 Å². The van der Waals surface area contributed by atoms with Gasteiger partial charge in [-0.05, 0) is 42.0 Å². The minimum absolute atomic E-state index is 0.0584. The van der Waals surface area contributed by atoms with Crippen molar-refractivity contribution in [2.24, 2.45) is 0 Å². The van der Waals surface area contributed by atoms with E-state index in [0.717, 1.165) is 5.56 Å². The Labute approximate surface area is 231 Å². The lowest BCUT2D eigenvalue weighted by molar-refractivity contribution is -0.119. The molecule has 5 rings (SSSR count). The summed E-state index contributed by atoms with van der Waals surface area (Å²) < 4.78 is 23.3. The van der Waals surface area contributed by atoms with E-state index in [0.29, 0.717) is 41.3 Å². The molecule has 2 aliphatic heterocycles. The highest BCUT2D eigenvalue weighted by Crippen LogP contribution is 2.37. The van der Waals surface area contributed by atoms with E-state index in [4.69, 9.17) is 0 Å². The number of aromatic nitrogens is 1. The third-order valence-electron chi connectivity index (χ3n) is 6.85. The number of carbonyl (C=O) groups is 3. The number of sulfone groups is 1. The van der Waals surface area contributed by atoms with Crippen LogP contribution in [0.5, 0.6) is 0 Å². The van der Waals surface area contributed by atoms with Crippen LogP contribution in [0.15, 0.2) is 66.7 Å². The number of amides is 2. The number of nitrogens with one attached hydrogen (secondary N) is 2. The molecule has 40 heavy (non-hydrogen) atoms. The third-order valence-corrected chi connectivity index (χ3v) is 8.46. The van der Waals surface area contributed by atoms with Gasteiger partial charge in [-0.3, -0.25) is 14.5 Å². The number of aromatic carboxylic acids is 1. The van der Waals surface area contributed by atoms with Crippen molar-refractivity contribution in [3.05, 3.63) is 83.6 Å². The average Bonchev–Trinajstić information content (AvgIpc) is 3.27. The van der Waals surface area contributed by atoms with Crippen LogP contribution in [-0.4, -0.2) is 79.4 Å². The number of carboxylic acids is 1. The van der Waals surface area contributed by atoms with Gasteiger partial charge < -0.3 is 20.6 Å². The van der Waals surface area contributed by atoms with E-state index in [1.54, 1.807) is 37.4 Å². The Kier molecular flexibility index (Phi) is 7.37. The molecule has 3 N–H and O–H groups in total. The number of rotatable bonds is 7. The van der Waals surface area contributed by atoms with Crippen molar-refractivity contribution < 1.29 is 27.9 Å². The Hall–Kier alpha value is -4.55. The number of likely N-dealkylation sites (N-methyl/N-ethyl adjacent to an activating group) is 1. The van der Waals surface area contributed by atoms with Gasteiger partial charge >= 0.3 is 5.97 Å². The summed E-state index contributed by atoms with van der Waals surface area (Å²) in [4.78, 5) is 44.7. The summed E-state index contributed by atoms with van der Waals surface area (Å²) in [5.74, 6) is -1.46. The molecule has 0 bridgehead atoms. The lowest BCUT2D eigenvalue weighted by Crippen LogP contribution is -2.45. The summed E-state index contributed by atoms with van der Waals surface area (Å²) in [7, 11) is -1.35. The van der Waals surface area contributed by atoms with E-state index in [-0.39, 0.29) is 35.5 Å². The summed E-state index contributed by atoms with van der Waals surface area (Å²) in [6, 6.07) is 19.3. The molecule has 0 unspecified atom stereocenters. The molecule has 0 aliphatic carbocycles. The normalized spacial score (nSPS) is 17.5. The Balaban J connectivity index is 1.39. The molecule has 2 aliphatic rings. The second-order valence-electron chi connectivity index (χ2n) is 9.52. The molecular weight excluding hydrogens is 534 g/mol. The molecule has 0 radical (unpaired) electrons. The third kappa shape index (κ3) is 5.72. The fourth-order valence-corrected chi connectivity index (χ4v) is 5.84. The number of pyridine rings is 1. The van der Waals surface area contributed by atoms with Crippen LogP contribution in [0.4, 0.5) is 17.2 Å². The predicted molar refractivity (Wildman–Crippen MR) is 152 cm³/mol. The number of benzene rings is 2. The van der Waals surface area contributed by atoms with Gasteiger partial charge in [0, 0.05) is 37.1 Å². The van der Waals surface area contributed by atoms with Crippen LogP contribution < -0.4 is 15.5 Å². The zero-order chi connectivity index (χ0) is 28.4. The minimum atomic E-state index is -3.02. The quantitative estimate of drug-likeness (QED) is 0.370. The van der Waals surface area contributed by atoms with Crippen molar-refractivity contribution in [1.82, 2.24) is 9.88 Å². The Morgan fingerprint density at radius 3 is 2.35 bits per heavy atom. The van der Waals surface area contributed by atoms with Gasteiger partial charge in [-0.2, -0.15) is 0 Å². The number of carbonyl (C=O) groups excluding carboxylic acids is 2. The summed E-state index contributed by atoms with van der Waals surface area (Å²) in [6.45, 7) is 0.805. The van der Waals surface area contributed by atoms with Crippen LogP contribution in [0, 0.1) is 0 Å². The van der Waals surface area contributed by atoms with Crippen molar-refractivity contribution in [2.75, 3.05) is 53.7 Å². The molecule has 1 aromatic heterocycles. The standard InChI is InChI=1S/C28H27N5O6S/c1-32(23(34)17-33-13-15-40(38,39)16-14-33)20-9-7-19(8-10-20)29-25(18-5-3-2-4-6-18)24-21-11-12-22(28(36)37)30-26(21)31-27(24)35/h2-12,29H,13-17H2,1H3,(H,36,37)(H,30,31,35). The maximum Gasteiger partial charge on any atom is 0.354 e. The first-order valence-electron chi connectivity index (χ1n) is 12.5. The van der Waals surface area contributed by atoms with E-state index >= 15 is 0 Å². The summed E-state index contributed by atoms with van der Waals surface area (Å²) in [6.07, 6.45) is 0. The summed E-state index contributed by atoms with van der Waals surface area (Å²) >= 11 is 0. The van der Waals surface area contributed by atoms with E-state index in [1.807, 2.05) is 35.2 Å². The predicted octanol–water partition coefficient (Wildman–Crippen LogP) is 2.41. The minimum Gasteiger partial charge on any atom is -0.477 e. The molecule has 3 aromatic rings. The molecule has 1 saturated heterocycles. The number of hydrogen-bond acceptors (Lipinski definition) is 8. The van der Waals surface area contributed by atoms with Crippen LogP contribution in [0.25, 0.3) is 11.3 Å². The van der Waals surface area contributed by atoms with Crippen LogP contribution in [0.3, 0.4) is 0 Å². The van der Waals surface area contributed by atoms with E-state index in [1.165, 1.54) is 11.0 Å². The lowest BCUT2D eigenvalue weighted by Gasteiger charge is -2.28. The Bertz CT molecular complexity index is 1610. The molecule has 2 amide bonds. The second-order valence-corrected chi connectivity index (χ2v) is 11.8. The largest absolute Gasteiger partial charge is 0.477 e. The molecule has 1 fully saturated rings. The topological polar surface area (TPSA) is 149 Å². The first-order valence-corrected chi connectivity index (χ1v) is 14.4. The second kappa shape index (κ2) is 10.9. The molecule has 3 heterocycles. The molecule has 0 atom stereocenters. The van der Waals surface area contributed by atoms with Crippen molar-refractivity contribution in [1.29, 1.82) is 0 Å². The highest BCUT2D eigenvalue weighted by molar-refractivity contribution is 7.91. The maximum atomic E-state index is 13.1. The van der Waals surface area contributed by atoms with Gasteiger partial charge in [0.15, 0.2) is 15.5 Å². The molecule has 11 nitrogen and oxygen atoms in total. The van der Waals surface area contributed by atoms with Crippen molar-refractivity contribution in [3.63, 3.8) is 0 Å². The van der Waals surface area contributed by atoms with Gasteiger partial charge in [0.1, 0.15) is 5.82 Å². The lowest BCUT2D eigenvalue weighted by atomic mass is 10.0. The molecule has 206 valence electrons. The van der Waals surface area contributed by atoms with Gasteiger partial charge in [0.25, 0.3) is 5.91 Å². The monoisotopic (exact) mass is 561 g/mol. The number of anilines is 3. The van der Waals surface area contributed by atoms with Crippen molar-refractivity contribution >= 4 is 56.1 Å². The zero-order valence-corrected chi connectivity index (χ0v) is 22.4. The van der Waals surface area contributed by atoms with Crippen LogP contribution in [0.1, 0.15) is 21.6 Å².